The molecule has 1 atom stereocenters. The van der Waals surface area contributed by atoms with E-state index in [0.29, 0.717) is 0 Å². The van der Waals surface area contributed by atoms with Crippen molar-refractivity contribution in [3.63, 3.8) is 0 Å². The van der Waals surface area contributed by atoms with Crippen LogP contribution < -0.4 is 4.74 Å². The minimum Gasteiger partial charge on any atom is -0.466 e. The van der Waals surface area contributed by atoms with Gasteiger partial charge in [-0.3, -0.25) is 0 Å². The number of aryl methyl sites for hydroxylation is 2. The summed E-state index contributed by atoms with van der Waals surface area (Å²) in [4.78, 5) is 0. The van der Waals surface area contributed by atoms with Crippen LogP contribution in [0.1, 0.15) is 36.4 Å². The molecule has 0 saturated heterocycles. The van der Waals surface area contributed by atoms with Crippen molar-refractivity contribution in [3.05, 3.63) is 102 Å². The lowest BCUT2D eigenvalue weighted by Crippen LogP contribution is -2.19. The first kappa shape index (κ1) is 17.4. The summed E-state index contributed by atoms with van der Waals surface area (Å²) in [6.07, 6.45) is 1.92. The van der Waals surface area contributed by atoms with Crippen LogP contribution in [0.3, 0.4) is 0 Å². The molecule has 2 heteroatoms. The van der Waals surface area contributed by atoms with Crippen LogP contribution in [0.15, 0.2) is 84.9 Å². The molecule has 2 nitrogen and oxygen atoms in total. The van der Waals surface area contributed by atoms with Gasteiger partial charge in [0, 0.05) is 11.3 Å². The molecule has 0 radical (unpaired) electrons. The van der Waals surface area contributed by atoms with E-state index < -0.39 is 0 Å². The third-order valence-corrected chi connectivity index (χ3v) is 4.92. The zero-order valence-electron chi connectivity index (χ0n) is 15.9. The normalized spacial score (nSPS) is 12.2. The van der Waals surface area contributed by atoms with E-state index in [0.717, 1.165) is 24.2 Å². The quantitative estimate of drug-likeness (QED) is 0.383. The molecule has 3 aromatic carbocycles. The molecule has 1 heterocycles. The smallest absolute Gasteiger partial charge is 0.202 e. The van der Waals surface area contributed by atoms with E-state index in [9.17, 15) is 0 Å². The van der Waals surface area contributed by atoms with Crippen molar-refractivity contribution >= 4 is 10.9 Å². The molecule has 0 aliphatic heterocycles. The van der Waals surface area contributed by atoms with E-state index in [1.54, 1.807) is 0 Å². The average Bonchev–Trinajstić information content (AvgIpc) is 3.06. The maximum Gasteiger partial charge on any atom is 0.202 e. The number of fused-ring (bicyclic) bond motifs is 1. The lowest BCUT2D eigenvalue weighted by molar-refractivity contribution is 0.175. The number of aromatic nitrogens is 1. The summed E-state index contributed by atoms with van der Waals surface area (Å²) in [7, 11) is 0. The fraction of sp³-hybridized carbons (Fsp3) is 0.200. The van der Waals surface area contributed by atoms with Crippen LogP contribution in [0.5, 0.6) is 5.75 Å². The molecule has 0 spiro atoms. The van der Waals surface area contributed by atoms with Crippen molar-refractivity contribution in [3.8, 4) is 5.75 Å². The molecule has 1 aromatic heterocycles. The SMILES string of the molecule is CCCc1cc2ccccc2n1C(Oc1ccccc1)c1ccc(C)cc1. The monoisotopic (exact) mass is 355 g/mol. The predicted octanol–water partition coefficient (Wildman–Crippen LogP) is 6.53. The largest absolute Gasteiger partial charge is 0.466 e. The van der Waals surface area contributed by atoms with Gasteiger partial charge in [0.2, 0.25) is 6.23 Å². The van der Waals surface area contributed by atoms with Gasteiger partial charge in [0.05, 0.1) is 5.52 Å². The molecule has 0 bridgehead atoms. The molecule has 0 amide bonds. The highest BCUT2D eigenvalue weighted by atomic mass is 16.5. The number of ether oxygens (including phenoxy) is 1. The molecule has 4 rings (SSSR count). The van der Waals surface area contributed by atoms with Crippen LogP contribution >= 0.6 is 0 Å². The minimum atomic E-state index is -0.200. The summed E-state index contributed by atoms with van der Waals surface area (Å²) in [6, 6.07) is 29.6. The van der Waals surface area contributed by atoms with Crippen molar-refractivity contribution in [1.29, 1.82) is 0 Å². The second-order valence-electron chi connectivity index (χ2n) is 7.01. The summed E-state index contributed by atoms with van der Waals surface area (Å²) in [5.74, 6) is 0.878. The molecule has 1 unspecified atom stereocenters. The van der Waals surface area contributed by atoms with Gasteiger partial charge in [-0.25, -0.2) is 0 Å². The van der Waals surface area contributed by atoms with Gasteiger partial charge in [-0.05, 0) is 43.0 Å². The molecule has 136 valence electrons. The number of para-hydroxylation sites is 2. The Morgan fingerprint density at radius 1 is 0.852 bits per heavy atom. The van der Waals surface area contributed by atoms with E-state index in [4.69, 9.17) is 4.74 Å². The second kappa shape index (κ2) is 7.71. The molecule has 0 N–H and O–H groups in total. The van der Waals surface area contributed by atoms with Crippen LogP contribution in [0.2, 0.25) is 0 Å². The standard InChI is InChI=1S/C25H25NO/c1-3-9-22-18-21-10-7-8-13-24(21)26(22)25(20-16-14-19(2)15-17-20)27-23-11-5-4-6-12-23/h4-8,10-18,25H,3,9H2,1-2H3. The Balaban J connectivity index is 1.88. The van der Waals surface area contributed by atoms with Gasteiger partial charge in [-0.15, -0.1) is 0 Å². The number of hydrogen-bond acceptors (Lipinski definition) is 1. The molecule has 0 aliphatic rings. The molecule has 0 aliphatic carbocycles. The van der Waals surface area contributed by atoms with Gasteiger partial charge in [0.15, 0.2) is 0 Å². The predicted molar refractivity (Wildman–Crippen MR) is 112 cm³/mol. The van der Waals surface area contributed by atoms with Crippen LogP contribution in [0.4, 0.5) is 0 Å². The summed E-state index contributed by atoms with van der Waals surface area (Å²) >= 11 is 0. The summed E-state index contributed by atoms with van der Waals surface area (Å²) < 4.78 is 8.90. The van der Waals surface area contributed by atoms with Crippen LogP contribution in [0.25, 0.3) is 10.9 Å². The molecular weight excluding hydrogens is 330 g/mol. The maximum absolute atomic E-state index is 6.54. The van der Waals surface area contributed by atoms with Crippen LogP contribution in [0, 0.1) is 6.92 Å². The fourth-order valence-corrected chi connectivity index (χ4v) is 3.59. The van der Waals surface area contributed by atoms with Crippen molar-refractivity contribution in [2.45, 2.75) is 32.9 Å². The van der Waals surface area contributed by atoms with E-state index in [1.165, 1.54) is 22.2 Å². The zero-order valence-corrected chi connectivity index (χ0v) is 15.9. The fourth-order valence-electron chi connectivity index (χ4n) is 3.59. The first-order valence-corrected chi connectivity index (χ1v) is 9.63. The Morgan fingerprint density at radius 2 is 1.56 bits per heavy atom. The van der Waals surface area contributed by atoms with E-state index in [-0.39, 0.29) is 6.23 Å². The number of benzene rings is 3. The molecule has 0 saturated carbocycles. The van der Waals surface area contributed by atoms with Crippen molar-refractivity contribution < 1.29 is 4.74 Å². The third-order valence-electron chi connectivity index (χ3n) is 4.92. The Morgan fingerprint density at radius 3 is 2.30 bits per heavy atom. The van der Waals surface area contributed by atoms with Gasteiger partial charge in [-0.1, -0.05) is 79.6 Å². The van der Waals surface area contributed by atoms with Gasteiger partial charge in [0.1, 0.15) is 5.75 Å². The highest BCUT2D eigenvalue weighted by Crippen LogP contribution is 2.31. The summed E-state index contributed by atoms with van der Waals surface area (Å²) in [5, 5.41) is 1.26. The molecule has 4 aromatic rings. The number of rotatable bonds is 6. The van der Waals surface area contributed by atoms with E-state index in [1.807, 2.05) is 30.3 Å². The van der Waals surface area contributed by atoms with Gasteiger partial charge in [0.25, 0.3) is 0 Å². The van der Waals surface area contributed by atoms with Gasteiger partial charge >= 0.3 is 0 Å². The second-order valence-corrected chi connectivity index (χ2v) is 7.01. The summed E-state index contributed by atoms with van der Waals surface area (Å²) in [6.45, 7) is 4.34. The van der Waals surface area contributed by atoms with Crippen molar-refractivity contribution in [1.82, 2.24) is 4.57 Å². The minimum absolute atomic E-state index is 0.200. The van der Waals surface area contributed by atoms with Gasteiger partial charge in [-0.2, -0.15) is 0 Å². The maximum atomic E-state index is 6.54. The Kier molecular flexibility index (Phi) is 4.97. The zero-order chi connectivity index (χ0) is 18.6. The highest BCUT2D eigenvalue weighted by molar-refractivity contribution is 5.81. The van der Waals surface area contributed by atoms with Crippen molar-refractivity contribution in [2.75, 3.05) is 0 Å². The average molecular weight is 355 g/mol. The van der Waals surface area contributed by atoms with Crippen molar-refractivity contribution in [2.24, 2.45) is 0 Å². The lowest BCUT2D eigenvalue weighted by Gasteiger charge is -2.25. The Labute approximate surface area is 161 Å². The van der Waals surface area contributed by atoms with Gasteiger partial charge < -0.3 is 9.30 Å². The molecular formula is C25H25NO. The topological polar surface area (TPSA) is 14.2 Å². The van der Waals surface area contributed by atoms with Crippen LogP contribution in [-0.2, 0) is 6.42 Å². The molecule has 27 heavy (non-hydrogen) atoms. The van der Waals surface area contributed by atoms with E-state index in [2.05, 4.69) is 73.0 Å². The van der Waals surface area contributed by atoms with Crippen LogP contribution in [-0.4, -0.2) is 4.57 Å². The third kappa shape index (κ3) is 3.61. The summed E-state index contributed by atoms with van der Waals surface area (Å²) in [5.41, 5.74) is 4.93. The Bertz CT molecular complexity index is 1020. The highest BCUT2D eigenvalue weighted by Gasteiger charge is 2.21. The lowest BCUT2D eigenvalue weighted by atomic mass is 10.1. The number of hydrogen-bond donors (Lipinski definition) is 0. The first-order chi connectivity index (χ1) is 13.3. The molecule has 0 fully saturated rings. The Hall–Kier alpha value is -3.00. The first-order valence-electron chi connectivity index (χ1n) is 9.63. The van der Waals surface area contributed by atoms with E-state index >= 15 is 0 Å². The number of nitrogens with zero attached hydrogens (tertiary/aromatic N) is 1.